The molecule has 2 rings (SSSR count). The van der Waals surface area contributed by atoms with Crippen LogP contribution in [0.25, 0.3) is 0 Å². The van der Waals surface area contributed by atoms with Crippen LogP contribution in [-0.2, 0) is 0 Å². The molecule has 0 aliphatic carbocycles. The van der Waals surface area contributed by atoms with Gasteiger partial charge in [-0.2, -0.15) is 11.8 Å². The van der Waals surface area contributed by atoms with Gasteiger partial charge in [-0.15, -0.1) is 0 Å². The summed E-state index contributed by atoms with van der Waals surface area (Å²) in [4.78, 5) is 22.6. The summed E-state index contributed by atoms with van der Waals surface area (Å²) in [5.74, 6) is 1.13. The average Bonchev–Trinajstić information content (AvgIpc) is 2.40. The summed E-state index contributed by atoms with van der Waals surface area (Å²) in [6.45, 7) is 0. The van der Waals surface area contributed by atoms with Gasteiger partial charge in [-0.1, -0.05) is 6.07 Å². The van der Waals surface area contributed by atoms with E-state index in [1.165, 1.54) is 12.1 Å². The number of carboxylic acids is 1. The number of anilines is 1. The zero-order valence-corrected chi connectivity index (χ0v) is 11.2. The van der Waals surface area contributed by atoms with Gasteiger partial charge in [-0.3, -0.25) is 0 Å². The summed E-state index contributed by atoms with van der Waals surface area (Å²) in [7, 11) is 0. The van der Waals surface area contributed by atoms with Gasteiger partial charge < -0.3 is 15.7 Å². The minimum absolute atomic E-state index is 0.159. The van der Waals surface area contributed by atoms with E-state index < -0.39 is 5.97 Å². The number of aromatic carboxylic acids is 1. The summed E-state index contributed by atoms with van der Waals surface area (Å²) in [5, 5.41) is 14.4. The molecule has 0 radical (unpaired) electrons. The van der Waals surface area contributed by atoms with Crippen molar-refractivity contribution in [3.8, 4) is 0 Å². The molecule has 1 aliphatic heterocycles. The fourth-order valence-electron chi connectivity index (χ4n) is 1.92. The number of nitrogens with one attached hydrogen (secondary N) is 2. The second-order valence-corrected chi connectivity index (χ2v) is 5.60. The van der Waals surface area contributed by atoms with Crippen LogP contribution in [0.15, 0.2) is 24.3 Å². The third-order valence-corrected chi connectivity index (χ3v) is 3.97. The standard InChI is InChI=1S/C13H16N2O3S/c16-12(17)9-2-1-3-11(8-9)15-13(18)14-10-4-6-19-7-5-10/h1-3,8,10H,4-7H2,(H,16,17)(H2,14,15,18). The maximum Gasteiger partial charge on any atom is 0.335 e. The Kier molecular flexibility index (Phi) is 4.68. The number of carboxylic acid groups (broad SMARTS) is 1. The normalized spacial score (nSPS) is 15.8. The molecule has 5 nitrogen and oxygen atoms in total. The molecule has 0 atom stereocenters. The van der Waals surface area contributed by atoms with Crippen molar-refractivity contribution < 1.29 is 14.7 Å². The molecule has 1 aromatic rings. The summed E-state index contributed by atoms with van der Waals surface area (Å²) >= 11 is 1.90. The van der Waals surface area contributed by atoms with Gasteiger partial charge in [0, 0.05) is 11.7 Å². The Bertz CT molecular complexity index is 473. The molecule has 1 fully saturated rings. The van der Waals surface area contributed by atoms with Gasteiger partial charge in [0.05, 0.1) is 5.56 Å². The average molecular weight is 280 g/mol. The van der Waals surface area contributed by atoms with Crippen LogP contribution in [0.1, 0.15) is 23.2 Å². The highest BCUT2D eigenvalue weighted by Crippen LogP contribution is 2.17. The number of amides is 2. The van der Waals surface area contributed by atoms with Gasteiger partial charge in [0.1, 0.15) is 0 Å². The maximum atomic E-state index is 11.8. The highest BCUT2D eigenvalue weighted by atomic mass is 32.2. The number of hydrogen-bond donors (Lipinski definition) is 3. The minimum Gasteiger partial charge on any atom is -0.478 e. The van der Waals surface area contributed by atoms with Gasteiger partial charge in [0.2, 0.25) is 0 Å². The smallest absolute Gasteiger partial charge is 0.335 e. The van der Waals surface area contributed by atoms with E-state index in [1.54, 1.807) is 12.1 Å². The van der Waals surface area contributed by atoms with E-state index in [0.717, 1.165) is 24.3 Å². The fourth-order valence-corrected chi connectivity index (χ4v) is 3.03. The molecule has 6 heteroatoms. The van der Waals surface area contributed by atoms with Crippen molar-refractivity contribution in [2.24, 2.45) is 0 Å². The van der Waals surface area contributed by atoms with E-state index in [2.05, 4.69) is 10.6 Å². The van der Waals surface area contributed by atoms with Gasteiger partial charge >= 0.3 is 12.0 Å². The molecule has 1 heterocycles. The van der Waals surface area contributed by atoms with E-state index in [9.17, 15) is 9.59 Å². The third kappa shape index (κ3) is 4.17. The van der Waals surface area contributed by atoms with Crippen LogP contribution in [0.4, 0.5) is 10.5 Å². The number of hydrogen-bond acceptors (Lipinski definition) is 3. The van der Waals surface area contributed by atoms with Crippen molar-refractivity contribution in [1.82, 2.24) is 5.32 Å². The summed E-state index contributed by atoms with van der Waals surface area (Å²) in [6.07, 6.45) is 1.96. The first-order chi connectivity index (χ1) is 9.15. The van der Waals surface area contributed by atoms with Crippen LogP contribution >= 0.6 is 11.8 Å². The van der Waals surface area contributed by atoms with Crippen molar-refractivity contribution in [3.63, 3.8) is 0 Å². The van der Waals surface area contributed by atoms with E-state index in [4.69, 9.17) is 5.11 Å². The quantitative estimate of drug-likeness (QED) is 0.794. The first-order valence-electron chi connectivity index (χ1n) is 6.14. The van der Waals surface area contributed by atoms with Crippen LogP contribution in [-0.4, -0.2) is 34.7 Å². The molecule has 0 aromatic heterocycles. The van der Waals surface area contributed by atoms with Crippen LogP contribution in [0.5, 0.6) is 0 Å². The Morgan fingerprint density at radius 2 is 2.00 bits per heavy atom. The molecule has 102 valence electrons. The molecule has 19 heavy (non-hydrogen) atoms. The van der Waals surface area contributed by atoms with Crippen LogP contribution < -0.4 is 10.6 Å². The first kappa shape index (κ1) is 13.7. The third-order valence-electron chi connectivity index (χ3n) is 2.92. The molecular formula is C13H16N2O3S. The van der Waals surface area contributed by atoms with Gasteiger partial charge in [0.25, 0.3) is 0 Å². The van der Waals surface area contributed by atoms with Gasteiger partial charge in [-0.05, 0) is 42.5 Å². The molecule has 1 aliphatic rings. The second kappa shape index (κ2) is 6.47. The SMILES string of the molecule is O=C(Nc1cccc(C(=O)O)c1)NC1CCSCC1. The minimum atomic E-state index is -1.01. The van der Waals surface area contributed by atoms with E-state index in [-0.39, 0.29) is 17.6 Å². The lowest BCUT2D eigenvalue weighted by atomic mass is 10.1. The molecule has 0 unspecified atom stereocenters. The van der Waals surface area contributed by atoms with Crippen molar-refractivity contribution in [3.05, 3.63) is 29.8 Å². The highest BCUT2D eigenvalue weighted by Gasteiger charge is 2.16. The number of rotatable bonds is 3. The number of benzene rings is 1. The van der Waals surface area contributed by atoms with E-state index in [0.29, 0.717) is 5.69 Å². The molecular weight excluding hydrogens is 264 g/mol. The van der Waals surface area contributed by atoms with Gasteiger partial charge in [0.15, 0.2) is 0 Å². The number of thioether (sulfide) groups is 1. The summed E-state index contributed by atoms with van der Waals surface area (Å²) in [5.41, 5.74) is 0.648. The zero-order valence-electron chi connectivity index (χ0n) is 10.4. The molecule has 0 spiro atoms. The lowest BCUT2D eigenvalue weighted by Gasteiger charge is -2.22. The molecule has 3 N–H and O–H groups in total. The molecule has 2 amide bonds. The van der Waals surface area contributed by atoms with Crippen molar-refractivity contribution in [2.45, 2.75) is 18.9 Å². The molecule has 1 aromatic carbocycles. The maximum absolute atomic E-state index is 11.8. The topological polar surface area (TPSA) is 78.4 Å². The Morgan fingerprint density at radius 1 is 1.26 bits per heavy atom. The first-order valence-corrected chi connectivity index (χ1v) is 7.29. The lowest BCUT2D eigenvalue weighted by molar-refractivity contribution is 0.0697. The monoisotopic (exact) mass is 280 g/mol. The number of carbonyl (C=O) groups excluding carboxylic acids is 1. The lowest BCUT2D eigenvalue weighted by Crippen LogP contribution is -2.39. The Hall–Kier alpha value is -1.69. The fraction of sp³-hybridized carbons (Fsp3) is 0.385. The van der Waals surface area contributed by atoms with Crippen LogP contribution in [0.3, 0.4) is 0 Å². The van der Waals surface area contributed by atoms with Crippen molar-refractivity contribution >= 4 is 29.4 Å². The summed E-state index contributed by atoms with van der Waals surface area (Å²) < 4.78 is 0. The van der Waals surface area contributed by atoms with E-state index in [1.807, 2.05) is 11.8 Å². The largest absolute Gasteiger partial charge is 0.478 e. The van der Waals surface area contributed by atoms with Crippen molar-refractivity contribution in [1.29, 1.82) is 0 Å². The van der Waals surface area contributed by atoms with Crippen molar-refractivity contribution in [2.75, 3.05) is 16.8 Å². The Morgan fingerprint density at radius 3 is 2.68 bits per heavy atom. The highest BCUT2D eigenvalue weighted by molar-refractivity contribution is 7.99. The number of carbonyl (C=O) groups is 2. The Labute approximate surface area is 115 Å². The van der Waals surface area contributed by atoms with Crippen LogP contribution in [0.2, 0.25) is 0 Å². The second-order valence-electron chi connectivity index (χ2n) is 4.37. The Balaban J connectivity index is 1.90. The molecule has 0 saturated carbocycles. The predicted molar refractivity (Wildman–Crippen MR) is 75.9 cm³/mol. The molecule has 1 saturated heterocycles. The van der Waals surface area contributed by atoms with Crippen LogP contribution in [0, 0.1) is 0 Å². The van der Waals surface area contributed by atoms with E-state index >= 15 is 0 Å². The summed E-state index contributed by atoms with van der Waals surface area (Å²) in [6, 6.07) is 6.14. The number of urea groups is 1. The van der Waals surface area contributed by atoms with Gasteiger partial charge in [-0.25, -0.2) is 9.59 Å². The zero-order chi connectivity index (χ0) is 13.7. The molecule has 0 bridgehead atoms. The predicted octanol–water partition coefficient (Wildman–Crippen LogP) is 2.40.